The summed E-state index contributed by atoms with van der Waals surface area (Å²) in [6.07, 6.45) is 0. The van der Waals surface area contributed by atoms with Gasteiger partial charge in [0.05, 0.1) is 4.47 Å². The third-order valence-corrected chi connectivity index (χ3v) is 4.15. The van der Waals surface area contributed by atoms with Crippen LogP contribution in [0.3, 0.4) is 0 Å². The van der Waals surface area contributed by atoms with Crippen molar-refractivity contribution < 1.29 is 7.66 Å². The summed E-state index contributed by atoms with van der Waals surface area (Å²) in [7, 11) is 0. The van der Waals surface area contributed by atoms with E-state index in [2.05, 4.69) is 64.4 Å². The van der Waals surface area contributed by atoms with E-state index in [1.54, 1.807) is 0 Å². The Kier molecular flexibility index (Phi) is 4.54. The Morgan fingerprint density at radius 1 is 1.15 bits per heavy atom. The summed E-state index contributed by atoms with van der Waals surface area (Å²) >= 11 is 12.6. The molecule has 0 spiro atoms. The van der Waals surface area contributed by atoms with Gasteiger partial charge in [-0.15, -0.1) is 0 Å². The zero-order valence-corrected chi connectivity index (χ0v) is 12.7. The fourth-order valence-electron chi connectivity index (χ4n) is 0.844. The first kappa shape index (κ1) is 11.8. The molecule has 0 fully saturated rings. The third-order valence-electron chi connectivity index (χ3n) is 1.54. The molecule has 72 valence electrons. The van der Waals surface area contributed by atoms with Crippen molar-refractivity contribution in [2.45, 2.75) is 6.92 Å². The first-order chi connectivity index (χ1) is 6.11. The molecule has 0 saturated carbocycles. The molecule has 0 saturated heterocycles. The van der Waals surface area contributed by atoms with Gasteiger partial charge in [0.1, 0.15) is 5.75 Å². The van der Waals surface area contributed by atoms with E-state index in [4.69, 9.17) is 7.66 Å². The van der Waals surface area contributed by atoms with Crippen LogP contribution >= 0.6 is 64.4 Å². The molecule has 0 aromatic heterocycles. The third kappa shape index (κ3) is 2.40. The van der Waals surface area contributed by atoms with Crippen molar-refractivity contribution in [1.29, 1.82) is 0 Å². The molecule has 0 aliphatic rings. The average molecular weight is 440 g/mol. The minimum atomic E-state index is 0.684. The summed E-state index contributed by atoms with van der Waals surface area (Å²) in [5, 5.41) is 0. The highest BCUT2D eigenvalue weighted by molar-refractivity contribution is 9.13. The standard InChI is InChI=1S/C7H4Br4O2/c1-3-5(12-10)2-4(8)6(9)7(3)13-11/h2H,1H3. The van der Waals surface area contributed by atoms with E-state index < -0.39 is 0 Å². The summed E-state index contributed by atoms with van der Waals surface area (Å²) in [4.78, 5) is 0. The van der Waals surface area contributed by atoms with Crippen molar-refractivity contribution in [3.8, 4) is 11.5 Å². The topological polar surface area (TPSA) is 18.5 Å². The zero-order chi connectivity index (χ0) is 10.0. The predicted octanol–water partition coefficient (Wildman–Crippen LogP) is 4.90. The Morgan fingerprint density at radius 3 is 2.23 bits per heavy atom. The number of hydrogen-bond acceptors (Lipinski definition) is 2. The van der Waals surface area contributed by atoms with E-state index >= 15 is 0 Å². The summed E-state index contributed by atoms with van der Waals surface area (Å²) in [6.45, 7) is 1.89. The molecule has 6 heteroatoms. The smallest absolute Gasteiger partial charge is 0.179 e. The van der Waals surface area contributed by atoms with E-state index in [9.17, 15) is 0 Å². The fourth-order valence-corrected chi connectivity index (χ4v) is 2.68. The van der Waals surface area contributed by atoms with E-state index in [0.717, 1.165) is 14.5 Å². The quantitative estimate of drug-likeness (QED) is 0.653. The molecule has 0 aliphatic heterocycles. The molecule has 0 bridgehead atoms. The Hall–Kier alpha value is 0.740. The van der Waals surface area contributed by atoms with Crippen LogP contribution in [0.2, 0.25) is 0 Å². The van der Waals surface area contributed by atoms with Gasteiger partial charge in [0.15, 0.2) is 38.3 Å². The molecule has 1 rings (SSSR count). The molecule has 13 heavy (non-hydrogen) atoms. The van der Waals surface area contributed by atoms with E-state index in [-0.39, 0.29) is 0 Å². The van der Waals surface area contributed by atoms with Crippen molar-refractivity contribution in [1.82, 2.24) is 0 Å². The summed E-state index contributed by atoms with van der Waals surface area (Å²) in [6, 6.07) is 1.84. The lowest BCUT2D eigenvalue weighted by molar-refractivity contribution is 0.631. The lowest BCUT2D eigenvalue weighted by Gasteiger charge is -2.10. The van der Waals surface area contributed by atoms with Gasteiger partial charge < -0.3 is 7.66 Å². The van der Waals surface area contributed by atoms with Gasteiger partial charge >= 0.3 is 0 Å². The van der Waals surface area contributed by atoms with Gasteiger partial charge in [-0.05, 0) is 44.8 Å². The van der Waals surface area contributed by atoms with Crippen molar-refractivity contribution in [3.63, 3.8) is 0 Å². The molecule has 0 radical (unpaired) electrons. The van der Waals surface area contributed by atoms with Gasteiger partial charge in [0.2, 0.25) is 0 Å². The Bertz CT molecular complexity index is 327. The van der Waals surface area contributed by atoms with Gasteiger partial charge in [-0.1, -0.05) is 0 Å². The maximum absolute atomic E-state index is 5.03. The van der Waals surface area contributed by atoms with Crippen molar-refractivity contribution in [2.75, 3.05) is 0 Å². The van der Waals surface area contributed by atoms with Crippen LogP contribution in [-0.2, 0) is 0 Å². The second kappa shape index (κ2) is 5.00. The molecular formula is C7H4Br4O2. The molecular weight excluding hydrogens is 436 g/mol. The van der Waals surface area contributed by atoms with Crippen LogP contribution in [0, 0.1) is 6.92 Å². The maximum atomic E-state index is 5.03. The Labute approximate surface area is 110 Å². The largest absolute Gasteiger partial charge is 0.418 e. The first-order valence-corrected chi connectivity index (χ1v) is 6.05. The lowest BCUT2D eigenvalue weighted by atomic mass is 10.2. The van der Waals surface area contributed by atoms with Crippen LogP contribution in [0.4, 0.5) is 0 Å². The molecule has 0 aliphatic carbocycles. The highest BCUT2D eigenvalue weighted by atomic mass is 79.9. The number of hydrogen-bond donors (Lipinski definition) is 0. The second-order valence-electron chi connectivity index (χ2n) is 2.28. The molecule has 0 N–H and O–H groups in total. The van der Waals surface area contributed by atoms with Crippen LogP contribution in [0.1, 0.15) is 5.56 Å². The van der Waals surface area contributed by atoms with Crippen molar-refractivity contribution >= 4 is 64.4 Å². The maximum Gasteiger partial charge on any atom is 0.179 e. The molecule has 0 unspecified atom stereocenters. The van der Waals surface area contributed by atoms with Crippen molar-refractivity contribution in [3.05, 3.63) is 20.6 Å². The van der Waals surface area contributed by atoms with Crippen molar-refractivity contribution in [2.24, 2.45) is 0 Å². The Balaban J connectivity index is 3.39. The van der Waals surface area contributed by atoms with Crippen LogP contribution in [0.25, 0.3) is 0 Å². The minimum Gasteiger partial charge on any atom is -0.418 e. The molecule has 1 aromatic rings. The fraction of sp³-hybridized carbons (Fsp3) is 0.143. The van der Waals surface area contributed by atoms with Gasteiger partial charge in [-0.3, -0.25) is 0 Å². The van der Waals surface area contributed by atoms with Crippen LogP contribution in [-0.4, -0.2) is 0 Å². The normalized spacial score (nSPS) is 9.92. The Morgan fingerprint density at radius 2 is 1.77 bits per heavy atom. The molecule has 1 aromatic carbocycles. The monoisotopic (exact) mass is 436 g/mol. The molecule has 2 nitrogen and oxygen atoms in total. The van der Waals surface area contributed by atoms with Gasteiger partial charge in [-0.25, -0.2) is 0 Å². The average Bonchev–Trinajstić information content (AvgIpc) is 2.12. The van der Waals surface area contributed by atoms with E-state index in [0.29, 0.717) is 11.5 Å². The molecule has 0 heterocycles. The molecule has 0 atom stereocenters. The number of benzene rings is 1. The lowest BCUT2D eigenvalue weighted by Crippen LogP contribution is -1.88. The highest BCUT2D eigenvalue weighted by Gasteiger charge is 2.14. The van der Waals surface area contributed by atoms with Gasteiger partial charge in [0.25, 0.3) is 0 Å². The van der Waals surface area contributed by atoms with Crippen LogP contribution in [0.5, 0.6) is 11.5 Å². The molecule has 0 amide bonds. The van der Waals surface area contributed by atoms with E-state index in [1.165, 1.54) is 0 Å². The predicted molar refractivity (Wildman–Crippen MR) is 65.7 cm³/mol. The summed E-state index contributed by atoms with van der Waals surface area (Å²) in [5.41, 5.74) is 0.892. The summed E-state index contributed by atoms with van der Waals surface area (Å²) in [5.74, 6) is 1.38. The van der Waals surface area contributed by atoms with E-state index in [1.807, 2.05) is 13.0 Å². The summed E-state index contributed by atoms with van der Waals surface area (Å²) < 4.78 is 11.7. The van der Waals surface area contributed by atoms with Gasteiger partial charge in [0, 0.05) is 10.0 Å². The zero-order valence-electron chi connectivity index (χ0n) is 6.41. The highest BCUT2D eigenvalue weighted by Crippen LogP contribution is 2.41. The first-order valence-electron chi connectivity index (χ1n) is 3.17. The van der Waals surface area contributed by atoms with Crippen LogP contribution < -0.4 is 7.66 Å². The van der Waals surface area contributed by atoms with Crippen LogP contribution in [0.15, 0.2) is 15.0 Å². The van der Waals surface area contributed by atoms with Gasteiger partial charge in [-0.2, -0.15) is 0 Å². The number of halogens is 4. The SMILES string of the molecule is Cc1c(OBr)cc(Br)c(Br)c1OBr. The minimum absolute atomic E-state index is 0.684. The number of rotatable bonds is 2. The second-order valence-corrected chi connectivity index (χ2v) is 4.57.